The van der Waals surface area contributed by atoms with Crippen molar-refractivity contribution in [3.05, 3.63) is 24.2 Å². The average Bonchev–Trinajstić information content (AvgIpc) is 3.34. The summed E-state index contributed by atoms with van der Waals surface area (Å²) in [5.41, 5.74) is -3.42. The monoisotopic (exact) mass is 462 g/mol. The number of Topliss-reactive ketones (excluding diaryl/α,β-unsaturated/α-hetero) is 1. The van der Waals surface area contributed by atoms with Crippen molar-refractivity contribution in [2.75, 3.05) is 7.11 Å². The molecule has 1 spiro atoms. The van der Waals surface area contributed by atoms with Crippen molar-refractivity contribution in [1.29, 1.82) is 0 Å². The molecule has 4 aliphatic rings. The number of fused-ring (bicyclic) bond motifs is 1. The van der Waals surface area contributed by atoms with Crippen LogP contribution in [0.1, 0.15) is 58.1 Å². The molecule has 2 saturated heterocycles. The van der Waals surface area contributed by atoms with Gasteiger partial charge in [-0.15, -0.1) is 0 Å². The maximum Gasteiger partial charge on any atom is 0.339 e. The number of ether oxygens (including phenoxy) is 3. The van der Waals surface area contributed by atoms with Crippen LogP contribution in [0.3, 0.4) is 0 Å². The van der Waals surface area contributed by atoms with Gasteiger partial charge in [0.25, 0.3) is 0 Å². The highest BCUT2D eigenvalue weighted by atomic mass is 16.7. The molecule has 9 heteroatoms. The minimum atomic E-state index is -1.39. The van der Waals surface area contributed by atoms with Gasteiger partial charge in [0.05, 0.1) is 32.2 Å². The van der Waals surface area contributed by atoms with Gasteiger partial charge in [-0.2, -0.15) is 0 Å². The van der Waals surface area contributed by atoms with Gasteiger partial charge < -0.3 is 28.8 Å². The molecule has 3 heterocycles. The van der Waals surface area contributed by atoms with Gasteiger partial charge in [-0.25, -0.2) is 4.79 Å². The molecule has 2 aliphatic heterocycles. The van der Waals surface area contributed by atoms with Crippen molar-refractivity contribution < 1.29 is 43.2 Å². The molecule has 4 fully saturated rings. The minimum Gasteiger partial charge on any atom is -0.472 e. The average molecular weight is 462 g/mol. The van der Waals surface area contributed by atoms with E-state index in [1.54, 1.807) is 19.9 Å². The van der Waals surface area contributed by atoms with Crippen molar-refractivity contribution in [3.8, 4) is 0 Å². The Hall–Kier alpha value is -2.23. The molecule has 0 unspecified atom stereocenters. The van der Waals surface area contributed by atoms with Gasteiger partial charge in [-0.05, 0) is 24.8 Å². The van der Waals surface area contributed by atoms with E-state index in [2.05, 4.69) is 0 Å². The molecular weight excluding hydrogens is 432 g/mol. The summed E-state index contributed by atoms with van der Waals surface area (Å²) in [6.45, 7) is 5.52. The number of esters is 2. The van der Waals surface area contributed by atoms with Crippen LogP contribution in [0.5, 0.6) is 0 Å². The number of carbonyl (C=O) groups is 3. The molecule has 180 valence electrons. The van der Waals surface area contributed by atoms with Gasteiger partial charge >= 0.3 is 11.9 Å². The number of aliphatic hydroxyl groups excluding tert-OH is 2. The number of cyclic esters (lactones) is 1. The van der Waals surface area contributed by atoms with Crippen LogP contribution in [0.25, 0.3) is 0 Å². The fourth-order valence-electron chi connectivity index (χ4n) is 7.67. The minimum absolute atomic E-state index is 0.0837. The van der Waals surface area contributed by atoms with Crippen LogP contribution in [-0.4, -0.2) is 59.0 Å². The van der Waals surface area contributed by atoms with E-state index in [1.165, 1.54) is 19.6 Å². The lowest BCUT2D eigenvalue weighted by atomic mass is 9.39. The molecule has 1 aromatic rings. The van der Waals surface area contributed by atoms with Crippen LogP contribution in [0, 0.1) is 22.2 Å². The predicted molar refractivity (Wildman–Crippen MR) is 110 cm³/mol. The number of methoxy groups -OCH3 is 1. The summed E-state index contributed by atoms with van der Waals surface area (Å²) in [7, 11) is 1.24. The molecule has 2 saturated carbocycles. The van der Waals surface area contributed by atoms with E-state index in [1.807, 2.05) is 6.92 Å². The van der Waals surface area contributed by atoms with E-state index in [0.29, 0.717) is 18.4 Å². The highest BCUT2D eigenvalue weighted by Gasteiger charge is 2.88. The first-order valence-corrected chi connectivity index (χ1v) is 11.3. The first-order chi connectivity index (χ1) is 15.5. The van der Waals surface area contributed by atoms with Crippen LogP contribution in [0.15, 0.2) is 23.0 Å². The number of ketones is 1. The number of rotatable bonds is 4. The van der Waals surface area contributed by atoms with Gasteiger partial charge in [-0.1, -0.05) is 20.8 Å². The van der Waals surface area contributed by atoms with Crippen LogP contribution in [0.2, 0.25) is 0 Å². The second kappa shape index (κ2) is 6.90. The zero-order chi connectivity index (χ0) is 24.0. The van der Waals surface area contributed by atoms with Crippen LogP contribution in [0.4, 0.5) is 0 Å². The number of hydrogen-bond donors (Lipinski definition) is 2. The molecule has 5 rings (SSSR count). The van der Waals surface area contributed by atoms with E-state index in [9.17, 15) is 24.6 Å². The molecule has 33 heavy (non-hydrogen) atoms. The third-order valence-corrected chi connectivity index (χ3v) is 9.39. The maximum atomic E-state index is 13.2. The van der Waals surface area contributed by atoms with Crippen molar-refractivity contribution in [3.63, 3.8) is 0 Å². The summed E-state index contributed by atoms with van der Waals surface area (Å²) in [5.74, 6) is -1.95. The van der Waals surface area contributed by atoms with Gasteiger partial charge in [0.15, 0.2) is 11.9 Å². The van der Waals surface area contributed by atoms with Crippen LogP contribution in [-0.2, 0) is 28.6 Å². The van der Waals surface area contributed by atoms with Gasteiger partial charge in [0, 0.05) is 28.2 Å². The first kappa shape index (κ1) is 22.6. The smallest absolute Gasteiger partial charge is 0.339 e. The Bertz CT molecular complexity index is 1000. The number of carbonyl (C=O) groups excluding carboxylic acids is 3. The number of hydrogen-bond acceptors (Lipinski definition) is 9. The quantitative estimate of drug-likeness (QED) is 0.506. The van der Waals surface area contributed by atoms with Crippen molar-refractivity contribution >= 4 is 17.7 Å². The predicted octanol–water partition coefficient (Wildman–Crippen LogP) is 1.70. The van der Waals surface area contributed by atoms with Crippen LogP contribution < -0.4 is 0 Å². The lowest BCUT2D eigenvalue weighted by molar-refractivity contribution is -0.239. The molecule has 0 amide bonds. The van der Waals surface area contributed by atoms with Crippen molar-refractivity contribution in [2.45, 2.75) is 76.5 Å². The number of aliphatic hydroxyl groups is 2. The lowest BCUT2D eigenvalue weighted by Gasteiger charge is -2.65. The fraction of sp³-hybridized carbons (Fsp3) is 0.708. The molecule has 2 N–H and O–H groups in total. The van der Waals surface area contributed by atoms with Crippen molar-refractivity contribution in [2.24, 2.45) is 22.2 Å². The van der Waals surface area contributed by atoms with Crippen molar-refractivity contribution in [1.82, 2.24) is 0 Å². The van der Waals surface area contributed by atoms with E-state index in [-0.39, 0.29) is 12.8 Å². The Morgan fingerprint density at radius 3 is 2.64 bits per heavy atom. The highest BCUT2D eigenvalue weighted by Crippen LogP contribution is 2.77. The van der Waals surface area contributed by atoms with Crippen LogP contribution >= 0.6 is 0 Å². The largest absolute Gasteiger partial charge is 0.472 e. The Labute approximate surface area is 191 Å². The molecular formula is C24H30O9. The summed E-state index contributed by atoms with van der Waals surface area (Å²) in [6, 6.07) is 1.74. The zero-order valence-electron chi connectivity index (χ0n) is 19.2. The summed E-state index contributed by atoms with van der Waals surface area (Å²) < 4.78 is 22.0. The lowest BCUT2D eigenvalue weighted by Crippen LogP contribution is -2.72. The third-order valence-electron chi connectivity index (χ3n) is 9.39. The summed E-state index contributed by atoms with van der Waals surface area (Å²) in [5, 5.41) is 22.5. The van der Waals surface area contributed by atoms with E-state index < -0.39 is 69.9 Å². The summed E-state index contributed by atoms with van der Waals surface area (Å²) in [6.07, 6.45) is -0.352. The van der Waals surface area contributed by atoms with E-state index in [0.717, 1.165) is 0 Å². The standard InChI is InChI=1S/C24H30O9/c1-21(15(26)9-16(27)30-4)10-13(25)17(28)23(3)14(21)5-7-22(2)18(12-6-8-31-11-12)32-20(29)19-24(22,23)33-19/h6,8,11,14-15,17-19,26,28H,5,7,9-10H2,1-4H3/t14-,15+,17+,18+,19+,21+,22+,23+,24-/m1/s1. The number of furan rings is 1. The Morgan fingerprint density at radius 1 is 1.27 bits per heavy atom. The molecule has 0 radical (unpaired) electrons. The summed E-state index contributed by atoms with van der Waals surface area (Å²) in [4.78, 5) is 38.1. The Morgan fingerprint density at radius 2 is 2.00 bits per heavy atom. The zero-order valence-corrected chi connectivity index (χ0v) is 19.2. The Balaban J connectivity index is 1.63. The molecule has 1 aromatic heterocycles. The maximum absolute atomic E-state index is 13.2. The number of epoxide rings is 1. The highest BCUT2D eigenvalue weighted by molar-refractivity contribution is 5.88. The van der Waals surface area contributed by atoms with Gasteiger partial charge in [0.1, 0.15) is 17.8 Å². The summed E-state index contributed by atoms with van der Waals surface area (Å²) >= 11 is 0. The third kappa shape index (κ3) is 2.56. The first-order valence-electron chi connectivity index (χ1n) is 11.3. The topological polar surface area (TPSA) is 136 Å². The van der Waals surface area contributed by atoms with Gasteiger partial charge in [-0.3, -0.25) is 9.59 Å². The van der Waals surface area contributed by atoms with E-state index in [4.69, 9.17) is 18.6 Å². The Kier molecular flexibility index (Phi) is 4.71. The molecule has 9 nitrogen and oxygen atoms in total. The molecule has 2 aliphatic carbocycles. The SMILES string of the molecule is COC(=O)C[C@H](O)[C@@]1(C)CC(=O)[C@H](O)[C@]2(C)[C@@H]1CC[C@@]1(C)[C@H](c3ccoc3)OC(=O)[C@@H]3O[C@@]321. The molecule has 0 aromatic carbocycles. The second-order valence-corrected chi connectivity index (χ2v) is 10.7. The molecule has 0 bridgehead atoms. The second-order valence-electron chi connectivity index (χ2n) is 10.7. The van der Waals surface area contributed by atoms with Gasteiger partial charge in [0.2, 0.25) is 0 Å². The van der Waals surface area contributed by atoms with E-state index >= 15 is 0 Å². The normalized spacial score (nSPS) is 47.0. The molecule has 9 atom stereocenters. The fourth-order valence-corrected chi connectivity index (χ4v) is 7.67.